The molecule has 0 bridgehead atoms. The number of carbonyl (C=O) groups is 1. The van der Waals surface area contributed by atoms with E-state index < -0.39 is 0 Å². The van der Waals surface area contributed by atoms with Gasteiger partial charge in [0.2, 0.25) is 11.9 Å². The van der Waals surface area contributed by atoms with Crippen LogP contribution in [0.1, 0.15) is 64.1 Å². The fourth-order valence-electron chi connectivity index (χ4n) is 4.02. The first-order valence-electron chi connectivity index (χ1n) is 10.2. The van der Waals surface area contributed by atoms with Crippen molar-refractivity contribution in [1.29, 1.82) is 0 Å². The Morgan fingerprint density at radius 1 is 1.26 bits per heavy atom. The second-order valence-corrected chi connectivity index (χ2v) is 8.10. The highest BCUT2D eigenvalue weighted by molar-refractivity contribution is 5.79. The standard InChI is InChI=1S/C20H32N4O3/c1-13-8-10-24(11-9-13)20-22-17(12-18(25)23-20)14(2)21-19(26)15-4-6-16(27-3)7-5-15/h12-16H,4-11H2,1-3H3,(H,21,26)(H,22,23,25)/t14-,15?,16?/m1/s1. The summed E-state index contributed by atoms with van der Waals surface area (Å²) in [5.74, 6) is 1.39. The molecule has 1 aliphatic carbocycles. The van der Waals surface area contributed by atoms with Crippen LogP contribution in [0.2, 0.25) is 0 Å². The Morgan fingerprint density at radius 2 is 1.93 bits per heavy atom. The predicted octanol–water partition coefficient (Wildman–Crippen LogP) is 2.39. The minimum atomic E-state index is -0.289. The summed E-state index contributed by atoms with van der Waals surface area (Å²) < 4.78 is 5.38. The topological polar surface area (TPSA) is 87.3 Å². The van der Waals surface area contributed by atoms with Crippen molar-refractivity contribution >= 4 is 11.9 Å². The normalized spacial score (nSPS) is 25.2. The number of hydrogen-bond acceptors (Lipinski definition) is 5. The molecule has 7 nitrogen and oxygen atoms in total. The SMILES string of the molecule is COC1CCC(C(=O)N[C@H](C)c2cc(=O)[nH]c(N3CCC(C)CC3)n2)CC1. The number of ether oxygens (including phenoxy) is 1. The van der Waals surface area contributed by atoms with Crippen LogP contribution < -0.4 is 15.8 Å². The number of hydrogen-bond donors (Lipinski definition) is 2. The molecule has 1 saturated heterocycles. The van der Waals surface area contributed by atoms with Crippen LogP contribution in [0.15, 0.2) is 10.9 Å². The average molecular weight is 377 g/mol. The smallest absolute Gasteiger partial charge is 0.252 e. The molecule has 150 valence electrons. The largest absolute Gasteiger partial charge is 0.381 e. The zero-order valence-electron chi connectivity index (χ0n) is 16.7. The zero-order chi connectivity index (χ0) is 19.4. The Hall–Kier alpha value is -1.89. The molecule has 0 spiro atoms. The predicted molar refractivity (Wildman–Crippen MR) is 105 cm³/mol. The van der Waals surface area contributed by atoms with Gasteiger partial charge in [-0.2, -0.15) is 0 Å². The van der Waals surface area contributed by atoms with Crippen molar-refractivity contribution in [3.8, 4) is 0 Å². The van der Waals surface area contributed by atoms with Gasteiger partial charge in [-0.05, 0) is 51.4 Å². The highest BCUT2D eigenvalue weighted by Gasteiger charge is 2.27. The molecule has 3 rings (SSSR count). The monoisotopic (exact) mass is 376 g/mol. The number of anilines is 1. The third-order valence-electron chi connectivity index (χ3n) is 6.01. The van der Waals surface area contributed by atoms with E-state index in [0.29, 0.717) is 17.6 Å². The Bertz CT molecular complexity index is 689. The molecule has 2 heterocycles. The first-order chi connectivity index (χ1) is 13.0. The molecule has 2 fully saturated rings. The van der Waals surface area contributed by atoms with E-state index in [2.05, 4.69) is 27.1 Å². The summed E-state index contributed by atoms with van der Waals surface area (Å²) in [6.07, 6.45) is 6.01. The van der Waals surface area contributed by atoms with Crippen molar-refractivity contribution in [3.63, 3.8) is 0 Å². The lowest BCUT2D eigenvalue weighted by molar-refractivity contribution is -0.127. The van der Waals surface area contributed by atoms with Crippen LogP contribution in [0.3, 0.4) is 0 Å². The third kappa shape index (κ3) is 5.09. The molecule has 0 radical (unpaired) electrons. The molecule has 0 unspecified atom stereocenters. The van der Waals surface area contributed by atoms with E-state index >= 15 is 0 Å². The molecule has 1 amide bonds. The maximum absolute atomic E-state index is 12.6. The third-order valence-corrected chi connectivity index (χ3v) is 6.01. The van der Waals surface area contributed by atoms with Crippen molar-refractivity contribution in [2.75, 3.05) is 25.1 Å². The van der Waals surface area contributed by atoms with E-state index in [1.54, 1.807) is 7.11 Å². The number of aromatic amines is 1. The molecule has 1 atom stereocenters. The maximum Gasteiger partial charge on any atom is 0.252 e. The molecule has 7 heteroatoms. The van der Waals surface area contributed by atoms with Crippen LogP contribution in [0.5, 0.6) is 0 Å². The summed E-state index contributed by atoms with van der Waals surface area (Å²) in [5, 5.41) is 3.05. The van der Waals surface area contributed by atoms with Gasteiger partial charge in [-0.15, -0.1) is 0 Å². The van der Waals surface area contributed by atoms with Gasteiger partial charge in [0.05, 0.1) is 17.8 Å². The Morgan fingerprint density at radius 3 is 2.56 bits per heavy atom. The number of amides is 1. The second kappa shape index (κ2) is 8.87. The van der Waals surface area contributed by atoms with Crippen LogP contribution in [-0.2, 0) is 9.53 Å². The minimum Gasteiger partial charge on any atom is -0.381 e. The number of rotatable bonds is 5. The highest BCUT2D eigenvalue weighted by Crippen LogP contribution is 2.27. The van der Waals surface area contributed by atoms with Gasteiger partial charge in [-0.3, -0.25) is 14.6 Å². The van der Waals surface area contributed by atoms with Crippen molar-refractivity contribution in [2.45, 2.75) is 64.5 Å². The molecule has 27 heavy (non-hydrogen) atoms. The molecule has 1 aromatic heterocycles. The van der Waals surface area contributed by atoms with Gasteiger partial charge in [-0.1, -0.05) is 6.92 Å². The molecule has 1 saturated carbocycles. The number of carbonyl (C=O) groups excluding carboxylic acids is 1. The van der Waals surface area contributed by atoms with E-state index in [4.69, 9.17) is 4.74 Å². The highest BCUT2D eigenvalue weighted by atomic mass is 16.5. The molecule has 1 aliphatic heterocycles. The van der Waals surface area contributed by atoms with E-state index in [0.717, 1.165) is 51.6 Å². The van der Waals surface area contributed by atoms with Gasteiger partial charge in [0.25, 0.3) is 5.56 Å². The van der Waals surface area contributed by atoms with Crippen LogP contribution in [0, 0.1) is 11.8 Å². The van der Waals surface area contributed by atoms with Crippen LogP contribution >= 0.6 is 0 Å². The summed E-state index contributed by atoms with van der Waals surface area (Å²) in [4.78, 5) is 34.4. The second-order valence-electron chi connectivity index (χ2n) is 8.10. The number of methoxy groups -OCH3 is 1. The molecule has 0 aromatic carbocycles. The summed E-state index contributed by atoms with van der Waals surface area (Å²) in [7, 11) is 1.73. The number of nitrogens with zero attached hydrogens (tertiary/aromatic N) is 2. The molecule has 2 aliphatic rings. The first-order valence-corrected chi connectivity index (χ1v) is 10.2. The van der Waals surface area contributed by atoms with E-state index in [1.165, 1.54) is 6.07 Å². The first kappa shape index (κ1) is 19.9. The quantitative estimate of drug-likeness (QED) is 0.824. The molecular formula is C20H32N4O3. The van der Waals surface area contributed by atoms with Crippen molar-refractivity contribution in [3.05, 3.63) is 22.1 Å². The van der Waals surface area contributed by atoms with Gasteiger partial charge in [-0.25, -0.2) is 4.98 Å². The number of piperidine rings is 1. The summed E-state index contributed by atoms with van der Waals surface area (Å²) in [6, 6.07) is 1.20. The lowest BCUT2D eigenvalue weighted by Gasteiger charge is -2.31. The van der Waals surface area contributed by atoms with Gasteiger partial charge in [0, 0.05) is 32.2 Å². The van der Waals surface area contributed by atoms with Gasteiger partial charge < -0.3 is 15.0 Å². The van der Waals surface area contributed by atoms with Crippen molar-refractivity contribution in [1.82, 2.24) is 15.3 Å². The van der Waals surface area contributed by atoms with E-state index in [9.17, 15) is 9.59 Å². The fraction of sp³-hybridized carbons (Fsp3) is 0.750. The Kier molecular flexibility index (Phi) is 6.52. The zero-order valence-corrected chi connectivity index (χ0v) is 16.7. The van der Waals surface area contributed by atoms with Crippen molar-refractivity contribution in [2.24, 2.45) is 11.8 Å². The van der Waals surface area contributed by atoms with Crippen LogP contribution in [-0.4, -0.2) is 42.2 Å². The molecule has 1 aromatic rings. The summed E-state index contributed by atoms with van der Waals surface area (Å²) in [5.41, 5.74) is 0.446. The summed E-state index contributed by atoms with van der Waals surface area (Å²) in [6.45, 7) is 5.94. The lowest BCUT2D eigenvalue weighted by atomic mass is 9.86. The number of nitrogens with one attached hydrogen (secondary N) is 2. The molecule has 2 N–H and O–H groups in total. The van der Waals surface area contributed by atoms with Gasteiger partial charge in [0.1, 0.15) is 0 Å². The minimum absolute atomic E-state index is 0.0175. The van der Waals surface area contributed by atoms with Crippen molar-refractivity contribution < 1.29 is 9.53 Å². The Labute approximate surface area is 160 Å². The lowest BCUT2D eigenvalue weighted by Crippen LogP contribution is -2.38. The average Bonchev–Trinajstić information content (AvgIpc) is 2.68. The van der Waals surface area contributed by atoms with Gasteiger partial charge >= 0.3 is 0 Å². The van der Waals surface area contributed by atoms with Crippen LogP contribution in [0.25, 0.3) is 0 Å². The number of aromatic nitrogens is 2. The fourth-order valence-corrected chi connectivity index (χ4v) is 4.02. The molecular weight excluding hydrogens is 344 g/mol. The van der Waals surface area contributed by atoms with E-state index in [1.807, 2.05) is 6.92 Å². The Balaban J connectivity index is 1.63. The maximum atomic E-state index is 12.6. The summed E-state index contributed by atoms with van der Waals surface area (Å²) >= 11 is 0. The number of H-pyrrole nitrogens is 1. The van der Waals surface area contributed by atoms with E-state index in [-0.39, 0.29) is 29.5 Å². The van der Waals surface area contributed by atoms with Crippen LogP contribution in [0.4, 0.5) is 5.95 Å². The van der Waals surface area contributed by atoms with Gasteiger partial charge in [0.15, 0.2) is 0 Å².